The number of halogens is 4. The van der Waals surface area contributed by atoms with E-state index in [4.69, 9.17) is 5.73 Å². The van der Waals surface area contributed by atoms with Gasteiger partial charge in [-0.15, -0.1) is 0 Å². The molecule has 8 heteroatoms. The molecule has 1 aromatic rings. The van der Waals surface area contributed by atoms with Crippen molar-refractivity contribution in [3.05, 3.63) is 29.3 Å². The summed E-state index contributed by atoms with van der Waals surface area (Å²) in [5, 5.41) is 9.24. The van der Waals surface area contributed by atoms with Crippen LogP contribution in [0.3, 0.4) is 0 Å². The van der Waals surface area contributed by atoms with Crippen LogP contribution in [0.15, 0.2) is 12.1 Å². The zero-order valence-corrected chi connectivity index (χ0v) is 9.79. The lowest BCUT2D eigenvalue weighted by Crippen LogP contribution is -2.42. The molecule has 0 aliphatic heterocycles. The van der Waals surface area contributed by atoms with Crippen LogP contribution in [0, 0.1) is 11.6 Å². The van der Waals surface area contributed by atoms with E-state index in [9.17, 15) is 27.5 Å². The first-order valence-electron chi connectivity index (χ1n) is 5.20. The van der Waals surface area contributed by atoms with Crippen LogP contribution in [-0.4, -0.2) is 23.6 Å². The van der Waals surface area contributed by atoms with E-state index < -0.39 is 40.9 Å². The van der Waals surface area contributed by atoms with Gasteiger partial charge in [0.1, 0.15) is 11.9 Å². The number of benzene rings is 1. The fourth-order valence-electron chi connectivity index (χ4n) is 1.39. The van der Waals surface area contributed by atoms with E-state index in [0.717, 1.165) is 0 Å². The van der Waals surface area contributed by atoms with Gasteiger partial charge in [-0.05, 0) is 19.1 Å². The van der Waals surface area contributed by atoms with Gasteiger partial charge in [0.05, 0.1) is 12.2 Å². The van der Waals surface area contributed by atoms with Gasteiger partial charge in [0.15, 0.2) is 11.6 Å². The maximum atomic E-state index is 13.6. The molecular weight excluding hydrogens is 270 g/mol. The molecule has 1 atom stereocenters. The van der Waals surface area contributed by atoms with Crippen LogP contribution in [0.25, 0.3) is 0 Å². The van der Waals surface area contributed by atoms with Crippen molar-refractivity contribution in [2.45, 2.75) is 18.9 Å². The molecule has 0 saturated carbocycles. The maximum absolute atomic E-state index is 13.6. The predicted molar refractivity (Wildman–Crippen MR) is 56.5 cm³/mol. The summed E-state index contributed by atoms with van der Waals surface area (Å²) in [5.41, 5.74) is 3.87. The van der Waals surface area contributed by atoms with Crippen LogP contribution >= 0.6 is 0 Å². The quantitative estimate of drug-likeness (QED) is 0.652. The number of ether oxygens (including phenoxy) is 1. The van der Waals surface area contributed by atoms with E-state index in [2.05, 4.69) is 4.74 Å². The molecule has 3 N–H and O–H groups in total. The number of carbonyl (C=O) groups excluding carboxylic acids is 1. The Morgan fingerprint density at radius 1 is 1.42 bits per heavy atom. The smallest absolute Gasteiger partial charge is 0.379 e. The highest BCUT2D eigenvalue weighted by atomic mass is 19.3. The van der Waals surface area contributed by atoms with Crippen molar-refractivity contribution >= 4 is 5.97 Å². The lowest BCUT2D eigenvalue weighted by atomic mass is 9.99. The van der Waals surface area contributed by atoms with Gasteiger partial charge in [0, 0.05) is 0 Å². The second-order valence-electron chi connectivity index (χ2n) is 3.61. The number of phenolic OH excluding ortho intramolecular Hbond substituents is 1. The van der Waals surface area contributed by atoms with Crippen molar-refractivity contribution in [3.63, 3.8) is 0 Å². The fourth-order valence-corrected chi connectivity index (χ4v) is 1.39. The van der Waals surface area contributed by atoms with Gasteiger partial charge >= 0.3 is 11.9 Å². The minimum Gasteiger partial charge on any atom is -0.505 e. The lowest BCUT2D eigenvalue weighted by molar-refractivity contribution is -0.175. The van der Waals surface area contributed by atoms with Crippen molar-refractivity contribution in [2.75, 3.05) is 6.61 Å². The molecule has 0 spiro atoms. The number of hydrogen-bond donors (Lipinski definition) is 2. The SMILES string of the molecule is CCOC(=O)C(F)(F)[C@@H](N)c1c(F)ccc(F)c1O. The average molecular weight is 281 g/mol. The number of aromatic hydroxyl groups is 1. The van der Waals surface area contributed by atoms with Crippen LogP contribution < -0.4 is 5.73 Å². The molecule has 0 aliphatic carbocycles. The second kappa shape index (κ2) is 5.43. The summed E-state index contributed by atoms with van der Waals surface area (Å²) in [4.78, 5) is 11.0. The van der Waals surface area contributed by atoms with E-state index in [1.807, 2.05) is 0 Å². The van der Waals surface area contributed by atoms with Crippen LogP contribution in [0.4, 0.5) is 17.6 Å². The molecule has 0 amide bonds. The third kappa shape index (κ3) is 2.78. The minimum atomic E-state index is -4.30. The molecule has 0 aromatic heterocycles. The van der Waals surface area contributed by atoms with Crippen molar-refractivity contribution in [1.82, 2.24) is 0 Å². The number of phenols is 1. The highest BCUT2D eigenvalue weighted by molar-refractivity contribution is 5.79. The predicted octanol–water partition coefficient (Wildman–Crippen LogP) is 1.87. The molecule has 0 heterocycles. The molecule has 0 bridgehead atoms. The standard InChI is InChI=1S/C11H11F4NO3/c1-2-19-10(18)11(14,15)9(16)7-5(12)3-4-6(13)8(7)17/h3-4,9,17H,2,16H2,1H3/t9-/m0/s1. The first-order valence-corrected chi connectivity index (χ1v) is 5.20. The molecule has 0 aliphatic rings. The molecule has 1 rings (SSSR count). The van der Waals surface area contributed by atoms with Gasteiger partial charge in [-0.2, -0.15) is 8.78 Å². The Bertz CT molecular complexity index is 493. The number of nitrogens with two attached hydrogens (primary N) is 1. The Labute approximate surface area is 105 Å². The van der Waals surface area contributed by atoms with Gasteiger partial charge in [-0.1, -0.05) is 0 Å². The number of carbonyl (C=O) groups is 1. The minimum absolute atomic E-state index is 0.335. The van der Waals surface area contributed by atoms with E-state index in [-0.39, 0.29) is 6.61 Å². The van der Waals surface area contributed by atoms with Crippen molar-refractivity contribution < 1.29 is 32.2 Å². The van der Waals surface area contributed by atoms with Crippen molar-refractivity contribution in [2.24, 2.45) is 5.73 Å². The normalized spacial score (nSPS) is 13.2. The maximum Gasteiger partial charge on any atom is 0.379 e. The molecule has 0 saturated heterocycles. The Balaban J connectivity index is 3.23. The van der Waals surface area contributed by atoms with Crippen LogP contribution in [0.2, 0.25) is 0 Å². The van der Waals surface area contributed by atoms with E-state index >= 15 is 0 Å². The number of hydrogen-bond acceptors (Lipinski definition) is 4. The Kier molecular flexibility index (Phi) is 4.35. The molecule has 0 radical (unpaired) electrons. The topological polar surface area (TPSA) is 72.5 Å². The summed E-state index contributed by atoms with van der Waals surface area (Å²) in [5.74, 6) is -10.3. The molecule has 1 aromatic carbocycles. The van der Waals surface area contributed by atoms with Crippen LogP contribution in [0.5, 0.6) is 5.75 Å². The fraction of sp³-hybridized carbons (Fsp3) is 0.364. The highest BCUT2D eigenvalue weighted by Crippen LogP contribution is 2.37. The van der Waals surface area contributed by atoms with Crippen LogP contribution in [-0.2, 0) is 9.53 Å². The van der Waals surface area contributed by atoms with E-state index in [1.54, 1.807) is 0 Å². The molecule has 106 valence electrons. The van der Waals surface area contributed by atoms with Crippen molar-refractivity contribution in [1.29, 1.82) is 0 Å². The number of alkyl halides is 2. The summed E-state index contributed by atoms with van der Waals surface area (Å²) in [6, 6.07) is -1.50. The summed E-state index contributed by atoms with van der Waals surface area (Å²) in [6.07, 6.45) is 0. The molecule has 4 nitrogen and oxygen atoms in total. The average Bonchev–Trinajstić information content (AvgIpc) is 2.34. The van der Waals surface area contributed by atoms with Gasteiger partial charge < -0.3 is 15.6 Å². The number of rotatable bonds is 4. The molecule has 0 fully saturated rings. The number of esters is 1. The summed E-state index contributed by atoms with van der Waals surface area (Å²) in [6.45, 7) is 0.957. The van der Waals surface area contributed by atoms with Gasteiger partial charge in [-0.3, -0.25) is 0 Å². The Morgan fingerprint density at radius 2 is 1.95 bits per heavy atom. The van der Waals surface area contributed by atoms with E-state index in [1.165, 1.54) is 6.92 Å². The third-order valence-electron chi connectivity index (χ3n) is 2.36. The Hall–Kier alpha value is -1.83. The third-order valence-corrected chi connectivity index (χ3v) is 2.36. The first kappa shape index (κ1) is 15.2. The zero-order valence-electron chi connectivity index (χ0n) is 9.79. The van der Waals surface area contributed by atoms with E-state index in [0.29, 0.717) is 12.1 Å². The molecule has 0 unspecified atom stereocenters. The summed E-state index contributed by atoms with van der Waals surface area (Å²) >= 11 is 0. The van der Waals surface area contributed by atoms with Gasteiger partial charge in [0.2, 0.25) is 0 Å². The summed E-state index contributed by atoms with van der Waals surface area (Å²) in [7, 11) is 0. The van der Waals surface area contributed by atoms with Gasteiger partial charge in [0.25, 0.3) is 0 Å². The Morgan fingerprint density at radius 3 is 2.47 bits per heavy atom. The molecular formula is C11H11F4NO3. The summed E-state index contributed by atoms with van der Waals surface area (Å²) < 4.78 is 57.6. The zero-order chi connectivity index (χ0) is 14.8. The highest BCUT2D eigenvalue weighted by Gasteiger charge is 2.49. The monoisotopic (exact) mass is 281 g/mol. The van der Waals surface area contributed by atoms with Crippen LogP contribution in [0.1, 0.15) is 18.5 Å². The largest absolute Gasteiger partial charge is 0.505 e. The van der Waals surface area contributed by atoms with Crippen molar-refractivity contribution in [3.8, 4) is 5.75 Å². The first-order chi connectivity index (χ1) is 8.73. The molecule has 19 heavy (non-hydrogen) atoms. The second-order valence-corrected chi connectivity index (χ2v) is 3.61. The lowest BCUT2D eigenvalue weighted by Gasteiger charge is -2.22. The van der Waals surface area contributed by atoms with Gasteiger partial charge in [-0.25, -0.2) is 13.6 Å².